The fraction of sp³-hybridized carbons (Fsp3) is 0.0263. The molecular formula is C38H23BN2O2. The molecular weight excluding hydrogens is 527 g/mol. The summed E-state index contributed by atoms with van der Waals surface area (Å²) in [6.45, 7) is 2.04. The topological polar surface area (TPSA) is 47.2 Å². The Morgan fingerprint density at radius 3 is 2.12 bits per heavy atom. The molecule has 4 nitrogen and oxygen atoms in total. The van der Waals surface area contributed by atoms with Crippen LogP contribution in [0.3, 0.4) is 0 Å². The summed E-state index contributed by atoms with van der Waals surface area (Å²) in [6, 6.07) is 44.2. The third kappa shape index (κ3) is 3.32. The number of nitriles is 1. The van der Waals surface area contributed by atoms with Crippen molar-refractivity contribution in [1.29, 1.82) is 5.26 Å². The predicted octanol–water partition coefficient (Wildman–Crippen LogP) is 7.36. The zero-order valence-corrected chi connectivity index (χ0v) is 23.3. The Morgan fingerprint density at radius 1 is 0.628 bits per heavy atom. The van der Waals surface area contributed by atoms with Crippen LogP contribution in [0.1, 0.15) is 11.1 Å². The van der Waals surface area contributed by atoms with E-state index in [1.165, 1.54) is 16.3 Å². The highest BCUT2D eigenvalue weighted by atomic mass is 16.5. The molecule has 0 saturated heterocycles. The summed E-state index contributed by atoms with van der Waals surface area (Å²) in [5.41, 5.74) is 9.71. The summed E-state index contributed by atoms with van der Waals surface area (Å²) >= 11 is 0. The molecule has 2 aliphatic heterocycles. The number of para-hydroxylation sites is 4. The molecule has 0 radical (unpaired) electrons. The Kier molecular flexibility index (Phi) is 4.94. The van der Waals surface area contributed by atoms with Gasteiger partial charge in [0.1, 0.15) is 34.6 Å². The minimum atomic E-state index is -0.0862. The largest absolute Gasteiger partial charge is 0.458 e. The van der Waals surface area contributed by atoms with Crippen molar-refractivity contribution in [3.05, 3.63) is 132 Å². The molecule has 3 heterocycles. The van der Waals surface area contributed by atoms with Gasteiger partial charge in [-0.3, -0.25) is 0 Å². The van der Waals surface area contributed by atoms with Crippen LogP contribution in [0.5, 0.6) is 23.0 Å². The second kappa shape index (κ2) is 8.89. The lowest BCUT2D eigenvalue weighted by atomic mass is 9.34. The van der Waals surface area contributed by atoms with Crippen LogP contribution in [0.4, 0.5) is 0 Å². The van der Waals surface area contributed by atoms with Gasteiger partial charge in [-0.15, -0.1) is 0 Å². The summed E-state index contributed by atoms with van der Waals surface area (Å²) in [5.74, 6) is 2.88. The number of aromatic nitrogens is 1. The van der Waals surface area contributed by atoms with Gasteiger partial charge in [-0.1, -0.05) is 84.4 Å². The number of fused-ring (bicyclic) bond motifs is 7. The summed E-state index contributed by atoms with van der Waals surface area (Å²) in [6.07, 6.45) is 0. The van der Waals surface area contributed by atoms with Crippen molar-refractivity contribution in [3.8, 4) is 45.9 Å². The first-order chi connectivity index (χ1) is 21.2. The minimum Gasteiger partial charge on any atom is -0.458 e. The van der Waals surface area contributed by atoms with E-state index in [2.05, 4.69) is 90.4 Å². The summed E-state index contributed by atoms with van der Waals surface area (Å²) in [4.78, 5) is 0. The third-order valence-corrected chi connectivity index (χ3v) is 8.84. The van der Waals surface area contributed by atoms with Gasteiger partial charge in [-0.2, -0.15) is 5.26 Å². The van der Waals surface area contributed by atoms with Crippen LogP contribution in [0, 0.1) is 18.3 Å². The highest BCUT2D eigenvalue weighted by Crippen LogP contribution is 2.44. The van der Waals surface area contributed by atoms with E-state index in [1.807, 2.05) is 48.5 Å². The van der Waals surface area contributed by atoms with Gasteiger partial charge in [-0.25, -0.2) is 0 Å². The quantitative estimate of drug-likeness (QED) is 0.211. The highest BCUT2D eigenvalue weighted by Gasteiger charge is 2.42. The lowest BCUT2D eigenvalue weighted by Crippen LogP contribution is -2.57. The first-order valence-corrected chi connectivity index (χ1v) is 14.5. The van der Waals surface area contributed by atoms with Gasteiger partial charge in [0.05, 0.1) is 16.7 Å². The Bertz CT molecular complexity index is 2340. The summed E-state index contributed by atoms with van der Waals surface area (Å²) in [7, 11) is 0. The van der Waals surface area contributed by atoms with Crippen LogP contribution in [-0.4, -0.2) is 11.3 Å². The molecule has 1 aromatic heterocycles. The van der Waals surface area contributed by atoms with Crippen LogP contribution in [0.2, 0.25) is 0 Å². The van der Waals surface area contributed by atoms with Gasteiger partial charge in [0.2, 0.25) is 0 Å². The Labute approximate surface area is 249 Å². The molecule has 0 saturated carbocycles. The van der Waals surface area contributed by atoms with Crippen molar-refractivity contribution in [2.45, 2.75) is 6.92 Å². The van der Waals surface area contributed by atoms with Crippen LogP contribution < -0.4 is 25.9 Å². The molecule has 0 spiro atoms. The molecule has 0 aliphatic carbocycles. The molecule has 0 amide bonds. The second-order valence-corrected chi connectivity index (χ2v) is 11.3. The van der Waals surface area contributed by atoms with Gasteiger partial charge in [0.25, 0.3) is 6.71 Å². The molecule has 200 valence electrons. The van der Waals surface area contributed by atoms with Crippen molar-refractivity contribution in [1.82, 2.24) is 4.57 Å². The van der Waals surface area contributed by atoms with E-state index in [-0.39, 0.29) is 6.71 Å². The molecule has 0 N–H and O–H groups in total. The lowest BCUT2D eigenvalue weighted by Gasteiger charge is -2.34. The smallest absolute Gasteiger partial charge is 0.260 e. The number of hydrogen-bond donors (Lipinski definition) is 0. The fourth-order valence-electron chi connectivity index (χ4n) is 7.01. The van der Waals surface area contributed by atoms with Gasteiger partial charge in [0.15, 0.2) is 0 Å². The molecule has 2 aliphatic rings. The van der Waals surface area contributed by atoms with Crippen LogP contribution in [0.15, 0.2) is 121 Å². The summed E-state index contributed by atoms with van der Waals surface area (Å²) in [5, 5.41) is 13.2. The van der Waals surface area contributed by atoms with Gasteiger partial charge in [0, 0.05) is 27.4 Å². The molecule has 7 aromatic rings. The Morgan fingerprint density at radius 2 is 1.30 bits per heavy atom. The average Bonchev–Trinajstić information content (AvgIpc) is 3.37. The van der Waals surface area contributed by atoms with Crippen molar-refractivity contribution in [2.24, 2.45) is 0 Å². The minimum absolute atomic E-state index is 0.0862. The van der Waals surface area contributed by atoms with E-state index in [1.54, 1.807) is 0 Å². The lowest BCUT2D eigenvalue weighted by molar-refractivity contribution is 0.464. The SMILES string of the molecule is Cc1ccc2c(c1)c1ccccc1n2-c1ccccc1-c1cc2c3c(c1C#N)Oc1ccccc1B3c1ccccc1O2. The predicted molar refractivity (Wildman–Crippen MR) is 173 cm³/mol. The maximum Gasteiger partial charge on any atom is 0.260 e. The monoisotopic (exact) mass is 550 g/mol. The van der Waals surface area contributed by atoms with E-state index in [0.717, 1.165) is 61.5 Å². The van der Waals surface area contributed by atoms with Crippen LogP contribution >= 0.6 is 0 Å². The Balaban J connectivity index is 1.35. The normalized spacial score (nSPS) is 12.6. The van der Waals surface area contributed by atoms with Gasteiger partial charge >= 0.3 is 0 Å². The van der Waals surface area contributed by atoms with E-state index < -0.39 is 0 Å². The summed E-state index contributed by atoms with van der Waals surface area (Å²) < 4.78 is 15.5. The number of aryl methyl sites for hydroxylation is 1. The van der Waals surface area contributed by atoms with Crippen molar-refractivity contribution in [3.63, 3.8) is 0 Å². The molecule has 6 aromatic carbocycles. The number of benzene rings is 6. The molecule has 5 heteroatoms. The molecule has 0 bridgehead atoms. The second-order valence-electron chi connectivity index (χ2n) is 11.3. The fourth-order valence-corrected chi connectivity index (χ4v) is 7.01. The zero-order chi connectivity index (χ0) is 28.7. The van der Waals surface area contributed by atoms with E-state index in [9.17, 15) is 5.26 Å². The van der Waals surface area contributed by atoms with E-state index in [4.69, 9.17) is 9.47 Å². The zero-order valence-electron chi connectivity index (χ0n) is 23.3. The number of nitrogens with zero attached hydrogens (tertiary/aromatic N) is 2. The van der Waals surface area contributed by atoms with Crippen LogP contribution in [-0.2, 0) is 0 Å². The Hall–Kier alpha value is -5.73. The molecule has 9 rings (SSSR count). The van der Waals surface area contributed by atoms with Crippen molar-refractivity contribution in [2.75, 3.05) is 0 Å². The third-order valence-electron chi connectivity index (χ3n) is 8.84. The maximum absolute atomic E-state index is 10.8. The van der Waals surface area contributed by atoms with Gasteiger partial charge in [-0.05, 0) is 60.3 Å². The van der Waals surface area contributed by atoms with Crippen molar-refractivity contribution >= 4 is 44.9 Å². The number of ether oxygens (including phenoxy) is 2. The van der Waals surface area contributed by atoms with Crippen molar-refractivity contribution < 1.29 is 9.47 Å². The molecule has 0 fully saturated rings. The molecule has 0 atom stereocenters. The number of rotatable bonds is 2. The highest BCUT2D eigenvalue weighted by molar-refractivity contribution is 6.98. The maximum atomic E-state index is 10.8. The standard InChI is InChI=1S/C38H23BN2O2/c1-23-18-19-33-27(20-23)25-11-3-7-15-32(25)41(33)31-14-6-2-10-24(31)26-21-36-37-38(28(26)22-40)43-35-17-9-5-13-30(35)39(37)29-12-4-8-16-34(29)42-36/h2-21H,1H3. The molecule has 43 heavy (non-hydrogen) atoms. The van der Waals surface area contributed by atoms with Gasteiger partial charge < -0.3 is 14.0 Å². The first kappa shape index (κ1) is 23.9. The number of hydrogen-bond acceptors (Lipinski definition) is 3. The molecule has 0 unspecified atom stereocenters. The first-order valence-electron chi connectivity index (χ1n) is 14.5. The van der Waals surface area contributed by atoms with E-state index in [0.29, 0.717) is 11.3 Å². The average molecular weight is 550 g/mol. The van der Waals surface area contributed by atoms with Crippen LogP contribution in [0.25, 0.3) is 38.6 Å². The van der Waals surface area contributed by atoms with E-state index >= 15 is 0 Å².